The predicted molar refractivity (Wildman–Crippen MR) is 72.0 cm³/mol. The summed E-state index contributed by atoms with van der Waals surface area (Å²) in [5, 5.41) is 13.5. The van der Waals surface area contributed by atoms with Crippen molar-refractivity contribution in [3.05, 3.63) is 34.8 Å². The van der Waals surface area contributed by atoms with E-state index >= 15 is 0 Å². The van der Waals surface area contributed by atoms with Crippen LogP contribution in [0.1, 0.15) is 27.4 Å². The Bertz CT molecular complexity index is 726. The molecule has 0 aliphatic carbocycles. The number of carbonyl (C=O) groups excluding carboxylic acids is 1. The highest BCUT2D eigenvalue weighted by molar-refractivity contribution is 5.88. The Hall–Kier alpha value is -2.68. The fourth-order valence-electron chi connectivity index (χ4n) is 2.07. The van der Waals surface area contributed by atoms with Crippen LogP contribution >= 0.6 is 0 Å². The number of hydrogen-bond acceptors (Lipinski definition) is 5. The summed E-state index contributed by atoms with van der Waals surface area (Å²) < 4.78 is 6.38. The van der Waals surface area contributed by atoms with Crippen LogP contribution in [0, 0.1) is 25.2 Å². The average molecular weight is 270 g/mol. The Balaban J connectivity index is 2.71. The average Bonchev–Trinajstić information content (AvgIpc) is 2.70. The maximum Gasteiger partial charge on any atom is 0.356 e. The molecule has 0 spiro atoms. The Morgan fingerprint density at radius 3 is 2.60 bits per heavy atom. The van der Waals surface area contributed by atoms with Gasteiger partial charge in [-0.3, -0.25) is 4.68 Å². The fraction of sp³-hybridized carbons (Fsp3) is 0.286. The molecule has 0 aliphatic rings. The number of methoxy groups -OCH3 is 1. The third-order valence-electron chi connectivity index (χ3n) is 3.16. The standard InChI is InChI=1S/C14H14N4O2/c1-8-12(9(2)18(3)17-8)13-10(7-15)5-6-11(16-13)14(19)20-4/h5-6H,1-4H3. The van der Waals surface area contributed by atoms with Gasteiger partial charge in [-0.05, 0) is 26.0 Å². The zero-order chi connectivity index (χ0) is 14.9. The topological polar surface area (TPSA) is 80.8 Å². The van der Waals surface area contributed by atoms with Crippen molar-refractivity contribution in [2.45, 2.75) is 13.8 Å². The third kappa shape index (κ3) is 2.14. The van der Waals surface area contributed by atoms with Crippen LogP contribution in [-0.4, -0.2) is 27.8 Å². The van der Waals surface area contributed by atoms with E-state index in [-0.39, 0.29) is 5.69 Å². The van der Waals surface area contributed by atoms with Crippen molar-refractivity contribution in [1.82, 2.24) is 14.8 Å². The van der Waals surface area contributed by atoms with Crippen molar-refractivity contribution in [1.29, 1.82) is 5.26 Å². The number of ether oxygens (including phenoxy) is 1. The van der Waals surface area contributed by atoms with Gasteiger partial charge in [0.05, 0.1) is 24.1 Å². The van der Waals surface area contributed by atoms with Crippen LogP contribution in [0.3, 0.4) is 0 Å². The number of aromatic nitrogens is 3. The van der Waals surface area contributed by atoms with Crippen molar-refractivity contribution >= 4 is 5.97 Å². The van der Waals surface area contributed by atoms with Gasteiger partial charge >= 0.3 is 5.97 Å². The summed E-state index contributed by atoms with van der Waals surface area (Å²) in [6.07, 6.45) is 0. The second-order valence-electron chi connectivity index (χ2n) is 4.37. The van der Waals surface area contributed by atoms with Gasteiger partial charge in [0.25, 0.3) is 0 Å². The summed E-state index contributed by atoms with van der Waals surface area (Å²) in [6.45, 7) is 3.74. The molecule has 0 aromatic carbocycles. The molecule has 2 aromatic heterocycles. The highest BCUT2D eigenvalue weighted by Crippen LogP contribution is 2.28. The van der Waals surface area contributed by atoms with Crippen molar-refractivity contribution in [2.24, 2.45) is 7.05 Å². The smallest absolute Gasteiger partial charge is 0.356 e. The molecule has 0 bridgehead atoms. The molecule has 0 saturated heterocycles. The van der Waals surface area contributed by atoms with Crippen molar-refractivity contribution < 1.29 is 9.53 Å². The van der Waals surface area contributed by atoms with Crippen molar-refractivity contribution in [3.63, 3.8) is 0 Å². The van der Waals surface area contributed by atoms with E-state index in [9.17, 15) is 10.1 Å². The lowest BCUT2D eigenvalue weighted by Gasteiger charge is -2.06. The highest BCUT2D eigenvalue weighted by Gasteiger charge is 2.19. The van der Waals surface area contributed by atoms with E-state index in [1.807, 2.05) is 20.9 Å². The summed E-state index contributed by atoms with van der Waals surface area (Å²) in [5.74, 6) is -0.532. The zero-order valence-electron chi connectivity index (χ0n) is 11.8. The summed E-state index contributed by atoms with van der Waals surface area (Å²) in [4.78, 5) is 15.9. The van der Waals surface area contributed by atoms with Gasteiger partial charge < -0.3 is 4.74 Å². The first kappa shape index (κ1) is 13.7. The van der Waals surface area contributed by atoms with Gasteiger partial charge in [-0.2, -0.15) is 10.4 Å². The second-order valence-corrected chi connectivity index (χ2v) is 4.37. The van der Waals surface area contributed by atoms with E-state index in [4.69, 9.17) is 0 Å². The molecule has 0 amide bonds. The number of rotatable bonds is 2. The van der Waals surface area contributed by atoms with Gasteiger partial charge in [-0.15, -0.1) is 0 Å². The molecule has 0 unspecified atom stereocenters. The maximum absolute atomic E-state index is 11.6. The monoisotopic (exact) mass is 270 g/mol. The van der Waals surface area contributed by atoms with Gasteiger partial charge in [-0.25, -0.2) is 9.78 Å². The zero-order valence-corrected chi connectivity index (χ0v) is 11.8. The van der Waals surface area contributed by atoms with E-state index in [1.54, 1.807) is 10.7 Å². The van der Waals surface area contributed by atoms with Crippen LogP contribution in [0.25, 0.3) is 11.3 Å². The minimum Gasteiger partial charge on any atom is -0.464 e. The maximum atomic E-state index is 11.6. The first-order valence-corrected chi connectivity index (χ1v) is 5.99. The number of pyridine rings is 1. The lowest BCUT2D eigenvalue weighted by atomic mass is 10.0. The molecule has 2 heterocycles. The Morgan fingerprint density at radius 1 is 1.40 bits per heavy atom. The minimum atomic E-state index is -0.532. The highest BCUT2D eigenvalue weighted by atomic mass is 16.5. The summed E-state index contributed by atoms with van der Waals surface area (Å²) in [5.41, 5.74) is 3.44. The molecule has 0 aliphatic heterocycles. The first-order chi connectivity index (χ1) is 9.49. The third-order valence-corrected chi connectivity index (χ3v) is 3.16. The number of aryl methyl sites for hydroxylation is 2. The lowest BCUT2D eigenvalue weighted by Crippen LogP contribution is -2.06. The van der Waals surface area contributed by atoms with E-state index in [0.29, 0.717) is 11.3 Å². The molecule has 0 saturated carbocycles. The van der Waals surface area contributed by atoms with E-state index in [1.165, 1.54) is 13.2 Å². The SMILES string of the molecule is COC(=O)c1ccc(C#N)c(-c2c(C)nn(C)c2C)n1. The Kier molecular flexibility index (Phi) is 3.53. The normalized spacial score (nSPS) is 10.2. The number of nitrogens with zero attached hydrogens (tertiary/aromatic N) is 4. The number of carbonyl (C=O) groups is 1. The van der Waals surface area contributed by atoms with Crippen LogP contribution in [0.4, 0.5) is 0 Å². The molecule has 2 rings (SSSR count). The molecule has 6 nitrogen and oxygen atoms in total. The molecule has 0 atom stereocenters. The Labute approximate surface area is 116 Å². The number of nitriles is 1. The summed E-state index contributed by atoms with van der Waals surface area (Å²) in [6, 6.07) is 5.14. The van der Waals surface area contributed by atoms with Crippen LogP contribution in [0.15, 0.2) is 12.1 Å². The molecule has 6 heteroatoms. The van der Waals surface area contributed by atoms with Crippen molar-refractivity contribution in [2.75, 3.05) is 7.11 Å². The molecule has 102 valence electrons. The number of esters is 1. The predicted octanol–water partition coefficient (Wildman–Crippen LogP) is 1.76. The molecule has 0 N–H and O–H groups in total. The fourth-order valence-corrected chi connectivity index (χ4v) is 2.07. The van der Waals surface area contributed by atoms with Gasteiger partial charge in [0.2, 0.25) is 0 Å². The van der Waals surface area contributed by atoms with Gasteiger partial charge in [0.1, 0.15) is 11.8 Å². The first-order valence-electron chi connectivity index (χ1n) is 5.99. The van der Waals surface area contributed by atoms with E-state index in [2.05, 4.69) is 20.9 Å². The second kappa shape index (κ2) is 5.13. The molecule has 2 aromatic rings. The van der Waals surface area contributed by atoms with Crippen LogP contribution in [0.2, 0.25) is 0 Å². The number of hydrogen-bond donors (Lipinski definition) is 0. The van der Waals surface area contributed by atoms with Crippen LogP contribution < -0.4 is 0 Å². The Morgan fingerprint density at radius 2 is 2.10 bits per heavy atom. The van der Waals surface area contributed by atoms with Gasteiger partial charge in [-0.1, -0.05) is 0 Å². The summed E-state index contributed by atoms with van der Waals surface area (Å²) >= 11 is 0. The largest absolute Gasteiger partial charge is 0.464 e. The minimum absolute atomic E-state index is 0.171. The van der Waals surface area contributed by atoms with Crippen LogP contribution in [0.5, 0.6) is 0 Å². The lowest BCUT2D eigenvalue weighted by molar-refractivity contribution is 0.0594. The van der Waals surface area contributed by atoms with Crippen molar-refractivity contribution in [3.8, 4) is 17.3 Å². The molecule has 0 radical (unpaired) electrons. The van der Waals surface area contributed by atoms with Gasteiger partial charge in [0, 0.05) is 18.3 Å². The molecule has 20 heavy (non-hydrogen) atoms. The molecular formula is C14H14N4O2. The molecular weight excluding hydrogens is 256 g/mol. The van der Waals surface area contributed by atoms with E-state index < -0.39 is 5.97 Å². The summed E-state index contributed by atoms with van der Waals surface area (Å²) in [7, 11) is 3.12. The van der Waals surface area contributed by atoms with Gasteiger partial charge in [0.15, 0.2) is 0 Å². The van der Waals surface area contributed by atoms with E-state index in [0.717, 1.165) is 17.0 Å². The van der Waals surface area contributed by atoms with Crippen LogP contribution in [-0.2, 0) is 11.8 Å². The molecule has 0 fully saturated rings. The quantitative estimate of drug-likeness (QED) is 0.777.